The van der Waals surface area contributed by atoms with Crippen molar-refractivity contribution in [2.24, 2.45) is 5.92 Å². The molecule has 1 aromatic heterocycles. The number of likely N-dealkylation sites (tertiary alicyclic amines) is 1. The number of carbonyl (C=O) groups is 2. The Morgan fingerprint density at radius 2 is 1.70 bits per heavy atom. The van der Waals surface area contributed by atoms with Crippen LogP contribution in [0.15, 0.2) is 60.8 Å². The van der Waals surface area contributed by atoms with Crippen LogP contribution < -0.4 is 10.2 Å². The molecule has 1 aliphatic rings. The monoisotopic (exact) mass is 583 g/mol. The lowest BCUT2D eigenvalue weighted by Gasteiger charge is -2.35. The number of halogens is 2. The number of carbonyl (C=O) groups excluding carboxylic acids is 2. The van der Waals surface area contributed by atoms with Crippen LogP contribution in [0, 0.1) is 5.92 Å². The van der Waals surface area contributed by atoms with Gasteiger partial charge in [-0.1, -0.05) is 59.6 Å². The molecule has 2 amide bonds. The highest BCUT2D eigenvalue weighted by Crippen LogP contribution is 2.30. The van der Waals surface area contributed by atoms with Crippen molar-refractivity contribution in [2.75, 3.05) is 29.9 Å². The summed E-state index contributed by atoms with van der Waals surface area (Å²) in [7, 11) is 0. The number of nitrogens with one attached hydrogen (secondary N) is 1. The fourth-order valence-corrected chi connectivity index (χ4v) is 5.15. The van der Waals surface area contributed by atoms with Crippen LogP contribution in [0.2, 0.25) is 10.0 Å². The molecule has 0 radical (unpaired) electrons. The summed E-state index contributed by atoms with van der Waals surface area (Å²) in [6.45, 7) is 9.05. The van der Waals surface area contributed by atoms with Crippen molar-refractivity contribution in [2.45, 2.75) is 52.2 Å². The number of ether oxygens (including phenoxy) is 1. The summed E-state index contributed by atoms with van der Waals surface area (Å²) >= 11 is 12.9. The summed E-state index contributed by atoms with van der Waals surface area (Å²) in [6, 6.07) is 16.6. The van der Waals surface area contributed by atoms with Gasteiger partial charge in [0.05, 0.1) is 21.7 Å². The zero-order valence-electron chi connectivity index (χ0n) is 23.2. The molecule has 212 valence electrons. The first-order chi connectivity index (χ1) is 19.0. The van der Waals surface area contributed by atoms with Gasteiger partial charge >= 0.3 is 6.09 Å². The number of nitrogens with zero attached hydrogens (tertiary/aromatic N) is 4. The summed E-state index contributed by atoms with van der Waals surface area (Å²) in [4.78, 5) is 38.9. The van der Waals surface area contributed by atoms with Gasteiger partial charge in [-0.05, 0) is 70.2 Å². The molecule has 0 aliphatic carbocycles. The van der Waals surface area contributed by atoms with Crippen molar-refractivity contribution in [3.63, 3.8) is 0 Å². The lowest BCUT2D eigenvalue weighted by atomic mass is 9.96. The fourth-order valence-electron chi connectivity index (χ4n) is 4.59. The molecule has 0 bridgehead atoms. The fraction of sp³-hybridized carbons (Fsp3) is 0.400. The highest BCUT2D eigenvalue weighted by molar-refractivity contribution is 6.40. The van der Waals surface area contributed by atoms with Gasteiger partial charge in [0, 0.05) is 25.8 Å². The second kappa shape index (κ2) is 12.9. The van der Waals surface area contributed by atoms with Crippen LogP contribution in [0.4, 0.5) is 16.6 Å². The molecule has 0 spiro atoms. The molecule has 10 heteroatoms. The van der Waals surface area contributed by atoms with Crippen LogP contribution in [-0.4, -0.2) is 52.1 Å². The molecule has 0 saturated carbocycles. The van der Waals surface area contributed by atoms with Crippen LogP contribution in [0.1, 0.15) is 62.5 Å². The smallest absolute Gasteiger partial charge is 0.410 e. The Morgan fingerprint density at radius 3 is 2.33 bits per heavy atom. The van der Waals surface area contributed by atoms with Crippen molar-refractivity contribution in [3.05, 3.63) is 82.0 Å². The second-order valence-corrected chi connectivity index (χ2v) is 11.8. The lowest BCUT2D eigenvalue weighted by Crippen LogP contribution is -2.45. The minimum atomic E-state index is -0.553. The molecular weight excluding hydrogens is 549 g/mol. The van der Waals surface area contributed by atoms with E-state index in [4.69, 9.17) is 32.9 Å². The molecule has 4 rings (SSSR count). The van der Waals surface area contributed by atoms with E-state index in [1.54, 1.807) is 40.3 Å². The number of aromatic nitrogens is 2. The summed E-state index contributed by atoms with van der Waals surface area (Å²) in [5.41, 5.74) is 0.758. The van der Waals surface area contributed by atoms with E-state index in [9.17, 15) is 9.59 Å². The Kier molecular flexibility index (Phi) is 9.53. The number of piperidine rings is 1. The first-order valence-corrected chi connectivity index (χ1v) is 14.2. The highest BCUT2D eigenvalue weighted by Gasteiger charge is 2.31. The largest absolute Gasteiger partial charge is 0.444 e. The predicted molar refractivity (Wildman–Crippen MR) is 159 cm³/mol. The summed E-state index contributed by atoms with van der Waals surface area (Å²) in [5, 5.41) is 3.87. The van der Waals surface area contributed by atoms with Crippen LogP contribution in [0.5, 0.6) is 0 Å². The quantitative estimate of drug-likeness (QED) is 0.315. The van der Waals surface area contributed by atoms with Crippen molar-refractivity contribution in [1.29, 1.82) is 0 Å². The third kappa shape index (κ3) is 7.64. The molecule has 1 N–H and O–H groups in total. The van der Waals surface area contributed by atoms with Gasteiger partial charge < -0.3 is 15.0 Å². The van der Waals surface area contributed by atoms with Gasteiger partial charge in [0.15, 0.2) is 0 Å². The van der Waals surface area contributed by atoms with E-state index in [-0.39, 0.29) is 39.6 Å². The van der Waals surface area contributed by atoms with E-state index in [1.165, 1.54) is 0 Å². The van der Waals surface area contributed by atoms with Gasteiger partial charge in [-0.25, -0.2) is 9.78 Å². The van der Waals surface area contributed by atoms with Gasteiger partial charge in [-0.3, -0.25) is 9.69 Å². The van der Waals surface area contributed by atoms with Crippen molar-refractivity contribution >= 4 is 47.0 Å². The Bertz CT molecular complexity index is 1300. The van der Waals surface area contributed by atoms with Crippen LogP contribution >= 0.6 is 23.2 Å². The average Bonchev–Trinajstić information content (AvgIpc) is 2.91. The first kappa shape index (κ1) is 29.6. The number of benzene rings is 2. The summed E-state index contributed by atoms with van der Waals surface area (Å²) in [5.74, 6) is 0.620. The molecule has 1 saturated heterocycles. The molecule has 2 heterocycles. The van der Waals surface area contributed by atoms with Gasteiger partial charge in [-0.2, -0.15) is 4.98 Å². The van der Waals surface area contributed by atoms with E-state index >= 15 is 0 Å². The number of amides is 2. The Morgan fingerprint density at radius 1 is 1.05 bits per heavy atom. The van der Waals surface area contributed by atoms with Crippen molar-refractivity contribution in [3.8, 4) is 0 Å². The molecule has 1 fully saturated rings. The van der Waals surface area contributed by atoms with E-state index in [2.05, 4.69) is 10.3 Å². The maximum absolute atomic E-state index is 13.9. The topological polar surface area (TPSA) is 87.7 Å². The van der Waals surface area contributed by atoms with Crippen LogP contribution in [-0.2, 0) is 4.74 Å². The first-order valence-electron chi connectivity index (χ1n) is 13.4. The second-order valence-electron chi connectivity index (χ2n) is 10.9. The number of rotatable bonds is 7. The molecule has 1 aliphatic heterocycles. The summed E-state index contributed by atoms with van der Waals surface area (Å²) < 4.78 is 5.53. The molecule has 2 aromatic carbocycles. The number of hydrogen-bond donors (Lipinski definition) is 1. The van der Waals surface area contributed by atoms with E-state index < -0.39 is 5.60 Å². The zero-order chi connectivity index (χ0) is 28.9. The maximum atomic E-state index is 13.9. The third-order valence-electron chi connectivity index (χ3n) is 6.69. The minimum absolute atomic E-state index is 0.0456. The van der Waals surface area contributed by atoms with Gasteiger partial charge in [0.2, 0.25) is 5.95 Å². The number of anilines is 2. The van der Waals surface area contributed by atoms with Gasteiger partial charge in [0.1, 0.15) is 11.4 Å². The Labute approximate surface area is 245 Å². The normalized spacial score (nSPS) is 14.9. The third-order valence-corrected chi connectivity index (χ3v) is 7.32. The molecule has 8 nitrogen and oxygen atoms in total. The summed E-state index contributed by atoms with van der Waals surface area (Å²) in [6.07, 6.45) is 2.73. The van der Waals surface area contributed by atoms with Crippen LogP contribution in [0.3, 0.4) is 0 Å². The lowest BCUT2D eigenvalue weighted by molar-refractivity contribution is 0.0185. The van der Waals surface area contributed by atoms with Crippen molar-refractivity contribution in [1.82, 2.24) is 14.9 Å². The van der Waals surface area contributed by atoms with Gasteiger partial charge in [0.25, 0.3) is 5.91 Å². The van der Waals surface area contributed by atoms with E-state index in [0.29, 0.717) is 44.2 Å². The van der Waals surface area contributed by atoms with E-state index in [1.807, 2.05) is 58.0 Å². The van der Waals surface area contributed by atoms with Crippen LogP contribution in [0.25, 0.3) is 0 Å². The minimum Gasteiger partial charge on any atom is -0.444 e. The predicted octanol–water partition coefficient (Wildman–Crippen LogP) is 7.25. The standard InChI is InChI=1S/C30H35Cl2N5O3/c1-20(22-9-6-5-7-10-22)34-28-33-16-13-25(35-28)37(27(38)26-23(31)11-8-12-24(26)32)19-21-14-17-36(18-15-21)29(39)40-30(2,3)4/h5-13,16,20-21H,14-15,17-19H2,1-4H3,(H,33,34,35)/t20-/m0/s1. The SMILES string of the molecule is C[C@H](Nc1nccc(N(CC2CCN(C(=O)OC(C)(C)C)CC2)C(=O)c2c(Cl)cccc2Cl)n1)c1ccccc1. The molecule has 1 atom stereocenters. The molecular formula is C30H35Cl2N5O3. The average molecular weight is 585 g/mol. The van der Waals surface area contributed by atoms with E-state index in [0.717, 1.165) is 5.56 Å². The maximum Gasteiger partial charge on any atom is 0.410 e. The zero-order valence-corrected chi connectivity index (χ0v) is 24.7. The number of hydrogen-bond acceptors (Lipinski definition) is 6. The Balaban J connectivity index is 1.56. The highest BCUT2D eigenvalue weighted by atomic mass is 35.5. The van der Waals surface area contributed by atoms with Crippen molar-refractivity contribution < 1.29 is 14.3 Å². The molecule has 40 heavy (non-hydrogen) atoms. The van der Waals surface area contributed by atoms with Gasteiger partial charge in [-0.15, -0.1) is 0 Å². The molecule has 3 aromatic rings. The Hall–Kier alpha value is -3.36. The molecule has 0 unspecified atom stereocenters.